The number of carboxylic acid groups (broad SMARTS) is 2. The number of aliphatic carboxylic acids is 2. The normalized spacial score (nSPS) is 10.9. The first-order chi connectivity index (χ1) is 18.6. The number of aliphatic hydroxyl groups excluding tert-OH is 1. The number of pyridine rings is 1. The Morgan fingerprint density at radius 3 is 2.12 bits per heavy atom. The monoisotopic (exact) mass is 585 g/mol. The SMILES string of the molecule is CCn1c(-c2nonc2N)nc2c(C#CCO)ncc(OCCCN)c21.O=C(O)C(F)(F)F.O=C(O)C(F)(F)F. The van der Waals surface area contributed by atoms with Crippen LogP contribution in [-0.2, 0) is 16.1 Å². The average Bonchev–Trinajstić information content (AvgIpc) is 3.46. The average molecular weight is 585 g/mol. The van der Waals surface area contributed by atoms with E-state index in [9.17, 15) is 26.3 Å². The molecule has 0 aromatic carbocycles. The molecule has 3 rings (SSSR count). The minimum atomic E-state index is -5.08. The first-order valence-electron chi connectivity index (χ1n) is 10.6. The highest BCUT2D eigenvalue weighted by atomic mass is 19.4. The number of fused-ring (bicyclic) bond motifs is 1. The van der Waals surface area contributed by atoms with E-state index in [1.54, 1.807) is 6.20 Å². The minimum absolute atomic E-state index is 0.136. The molecule has 3 aromatic rings. The highest BCUT2D eigenvalue weighted by Gasteiger charge is 2.38. The van der Waals surface area contributed by atoms with Gasteiger partial charge in [-0.3, -0.25) is 0 Å². The van der Waals surface area contributed by atoms with Crippen LogP contribution in [0.25, 0.3) is 22.6 Å². The van der Waals surface area contributed by atoms with Gasteiger partial charge < -0.3 is 36.1 Å². The van der Waals surface area contributed by atoms with Crippen molar-refractivity contribution in [3.05, 3.63) is 11.9 Å². The van der Waals surface area contributed by atoms with Gasteiger partial charge in [0, 0.05) is 6.54 Å². The van der Waals surface area contributed by atoms with Crippen molar-refractivity contribution in [2.24, 2.45) is 5.73 Å². The molecule has 0 aliphatic rings. The summed E-state index contributed by atoms with van der Waals surface area (Å²) in [7, 11) is 0. The Bertz CT molecular complexity index is 1340. The number of aromatic nitrogens is 5. The summed E-state index contributed by atoms with van der Waals surface area (Å²) < 4.78 is 75.9. The van der Waals surface area contributed by atoms with Crippen LogP contribution < -0.4 is 16.2 Å². The van der Waals surface area contributed by atoms with Crippen LogP contribution in [0.3, 0.4) is 0 Å². The van der Waals surface area contributed by atoms with E-state index in [-0.39, 0.29) is 12.4 Å². The third-order valence-corrected chi connectivity index (χ3v) is 4.16. The summed E-state index contributed by atoms with van der Waals surface area (Å²) in [6.07, 6.45) is -7.87. The summed E-state index contributed by atoms with van der Waals surface area (Å²) >= 11 is 0. The van der Waals surface area contributed by atoms with E-state index in [1.807, 2.05) is 11.5 Å². The van der Waals surface area contributed by atoms with Gasteiger partial charge in [0.1, 0.15) is 23.3 Å². The molecule has 14 nitrogen and oxygen atoms in total. The molecule has 3 aromatic heterocycles. The second-order valence-corrected chi connectivity index (χ2v) is 6.90. The number of aliphatic hydroxyl groups is 1. The number of alkyl halides is 6. The molecule has 0 fully saturated rings. The van der Waals surface area contributed by atoms with Crippen molar-refractivity contribution in [1.29, 1.82) is 0 Å². The van der Waals surface area contributed by atoms with E-state index in [0.29, 0.717) is 60.1 Å². The lowest BCUT2D eigenvalue weighted by atomic mass is 10.2. The Hall–Kier alpha value is -4.64. The maximum atomic E-state index is 10.6. The number of carboxylic acids is 2. The van der Waals surface area contributed by atoms with Crippen LogP contribution in [0.4, 0.5) is 32.2 Å². The number of ether oxygens (including phenoxy) is 1. The van der Waals surface area contributed by atoms with Crippen molar-refractivity contribution in [2.45, 2.75) is 32.2 Å². The smallest absolute Gasteiger partial charge is 0.490 e. The summed E-state index contributed by atoms with van der Waals surface area (Å²) in [5.74, 6) is 1.04. The fraction of sp³-hybridized carbons (Fsp3) is 0.400. The van der Waals surface area contributed by atoms with Gasteiger partial charge in [0.05, 0.1) is 12.8 Å². The molecule has 20 heteroatoms. The lowest BCUT2D eigenvalue weighted by Gasteiger charge is -2.10. The van der Waals surface area contributed by atoms with E-state index in [2.05, 4.69) is 32.1 Å². The predicted molar refractivity (Wildman–Crippen MR) is 121 cm³/mol. The zero-order chi connectivity index (χ0) is 30.7. The van der Waals surface area contributed by atoms with Crippen molar-refractivity contribution < 1.29 is 60.6 Å². The largest absolute Gasteiger partial charge is 0.490 e. The molecule has 0 atom stereocenters. The highest BCUT2D eigenvalue weighted by molar-refractivity contribution is 5.89. The van der Waals surface area contributed by atoms with Gasteiger partial charge in [-0.05, 0) is 36.1 Å². The molecule has 220 valence electrons. The summed E-state index contributed by atoms with van der Waals surface area (Å²) in [5.41, 5.74) is 13.3. The maximum absolute atomic E-state index is 10.6. The lowest BCUT2D eigenvalue weighted by molar-refractivity contribution is -0.193. The predicted octanol–water partition coefficient (Wildman–Crippen LogP) is 1.42. The number of rotatable bonds is 6. The zero-order valence-corrected chi connectivity index (χ0v) is 20.2. The quantitative estimate of drug-likeness (QED) is 0.157. The molecular formula is C20H21F6N7O7. The molecule has 40 heavy (non-hydrogen) atoms. The Kier molecular flexibility index (Phi) is 12.1. The number of anilines is 1. The molecule has 3 heterocycles. The van der Waals surface area contributed by atoms with Gasteiger partial charge in [-0.15, -0.1) is 0 Å². The molecule has 0 amide bonds. The first-order valence-corrected chi connectivity index (χ1v) is 10.6. The van der Waals surface area contributed by atoms with Gasteiger partial charge >= 0.3 is 24.3 Å². The van der Waals surface area contributed by atoms with Crippen molar-refractivity contribution in [2.75, 3.05) is 25.5 Å². The number of halogens is 6. The molecule has 0 saturated carbocycles. The topological polar surface area (TPSA) is 226 Å². The number of aryl methyl sites for hydroxylation is 1. The number of imidazole rings is 1. The summed E-state index contributed by atoms with van der Waals surface area (Å²) in [6, 6.07) is 0. The lowest BCUT2D eigenvalue weighted by Crippen LogP contribution is -2.21. The van der Waals surface area contributed by atoms with Gasteiger partial charge in [0.2, 0.25) is 0 Å². The first kappa shape index (κ1) is 33.4. The van der Waals surface area contributed by atoms with E-state index in [1.165, 1.54) is 0 Å². The number of hydrogen-bond acceptors (Lipinski definition) is 11. The highest BCUT2D eigenvalue weighted by Crippen LogP contribution is 2.33. The number of carbonyl (C=O) groups is 2. The van der Waals surface area contributed by atoms with Crippen LogP contribution >= 0.6 is 0 Å². The van der Waals surface area contributed by atoms with E-state index >= 15 is 0 Å². The van der Waals surface area contributed by atoms with Crippen molar-refractivity contribution >= 4 is 28.8 Å². The molecule has 0 aliphatic heterocycles. The summed E-state index contributed by atoms with van der Waals surface area (Å²) in [4.78, 5) is 26.7. The van der Waals surface area contributed by atoms with Gasteiger partial charge in [0.25, 0.3) is 0 Å². The Labute approximate surface area is 219 Å². The van der Waals surface area contributed by atoms with E-state index < -0.39 is 24.3 Å². The molecule has 7 N–H and O–H groups in total. The second kappa shape index (κ2) is 14.5. The standard InChI is InChI=1S/C16H19N7O3.2C2HF3O2/c1-2-23-14-11(25-8-4-6-17)9-19-10(5-3-7-24)12(14)20-16(23)13-15(18)22-26-21-13;2*3-2(4,5)1(6)7/h9,24H,2,4,6-8,17H2,1H3,(H2,18,22);2*(H,6,7). The fourth-order valence-corrected chi connectivity index (χ4v) is 2.54. The Morgan fingerprint density at radius 1 is 1.12 bits per heavy atom. The Morgan fingerprint density at radius 2 is 1.70 bits per heavy atom. The Balaban J connectivity index is 0.000000473. The minimum Gasteiger partial charge on any atom is -0.490 e. The van der Waals surface area contributed by atoms with Gasteiger partial charge in [-0.25, -0.2) is 24.2 Å². The van der Waals surface area contributed by atoms with Crippen LogP contribution in [-0.4, -0.2) is 84.2 Å². The molecule has 0 aliphatic carbocycles. The zero-order valence-electron chi connectivity index (χ0n) is 20.2. The van der Waals surface area contributed by atoms with Crippen LogP contribution in [0.2, 0.25) is 0 Å². The number of nitrogen functional groups attached to an aromatic ring is 1. The molecule has 0 radical (unpaired) electrons. The number of nitrogens with zero attached hydrogens (tertiary/aromatic N) is 5. The van der Waals surface area contributed by atoms with E-state index in [4.69, 9.17) is 45.7 Å². The third-order valence-electron chi connectivity index (χ3n) is 4.16. The van der Waals surface area contributed by atoms with Crippen molar-refractivity contribution in [3.63, 3.8) is 0 Å². The molecular weight excluding hydrogens is 564 g/mol. The van der Waals surface area contributed by atoms with Crippen LogP contribution in [0.15, 0.2) is 10.8 Å². The van der Waals surface area contributed by atoms with Gasteiger partial charge in [-0.2, -0.15) is 26.3 Å². The number of nitrogens with two attached hydrogens (primary N) is 2. The van der Waals surface area contributed by atoms with Gasteiger partial charge in [0.15, 0.2) is 23.1 Å². The van der Waals surface area contributed by atoms with Crippen molar-refractivity contribution in [3.8, 4) is 29.1 Å². The van der Waals surface area contributed by atoms with Crippen LogP contribution in [0.5, 0.6) is 5.75 Å². The molecule has 0 saturated heterocycles. The number of hydrogen-bond donors (Lipinski definition) is 5. The third kappa shape index (κ3) is 9.28. The molecule has 0 bridgehead atoms. The summed E-state index contributed by atoms with van der Waals surface area (Å²) in [5, 5.41) is 30.7. The van der Waals surface area contributed by atoms with E-state index in [0.717, 1.165) is 0 Å². The van der Waals surface area contributed by atoms with Crippen molar-refractivity contribution in [1.82, 2.24) is 24.8 Å². The molecule has 0 unspecified atom stereocenters. The molecule has 0 spiro atoms. The maximum Gasteiger partial charge on any atom is 0.490 e. The van der Waals surface area contributed by atoms with Gasteiger partial charge in [-0.1, -0.05) is 5.92 Å². The summed E-state index contributed by atoms with van der Waals surface area (Å²) in [6.45, 7) is 3.22. The van der Waals surface area contributed by atoms with Crippen LogP contribution in [0, 0.1) is 11.8 Å². The second-order valence-electron chi connectivity index (χ2n) is 6.90. The fourth-order valence-electron chi connectivity index (χ4n) is 2.54. The van der Waals surface area contributed by atoms with Crippen LogP contribution in [0.1, 0.15) is 19.0 Å².